The van der Waals surface area contributed by atoms with Crippen LogP contribution in [0, 0.1) is 13.8 Å². The molecule has 1 aliphatic rings. The number of hydrogen-bond acceptors (Lipinski definition) is 1. The Morgan fingerprint density at radius 2 is 1.73 bits per heavy atom. The Hall–Kier alpha value is -1.37. The predicted molar refractivity (Wildman–Crippen MR) is 62.8 cm³/mol. The van der Waals surface area contributed by atoms with E-state index in [2.05, 4.69) is 32.0 Å². The van der Waals surface area contributed by atoms with Crippen LogP contribution in [0.25, 0.3) is 5.57 Å². The molecule has 1 nitrogen and oxygen atoms in total. The lowest BCUT2D eigenvalue weighted by Gasteiger charge is -2.16. The summed E-state index contributed by atoms with van der Waals surface area (Å²) in [6, 6.07) is 6.30. The van der Waals surface area contributed by atoms with Crippen molar-refractivity contribution in [2.24, 2.45) is 0 Å². The number of aryl methyl sites for hydroxylation is 2. The Balaban J connectivity index is 2.49. The van der Waals surface area contributed by atoms with Crippen LogP contribution in [0.15, 0.2) is 24.3 Å². The van der Waals surface area contributed by atoms with E-state index in [0.29, 0.717) is 6.42 Å². The zero-order valence-corrected chi connectivity index (χ0v) is 9.34. The molecule has 0 amide bonds. The summed E-state index contributed by atoms with van der Waals surface area (Å²) >= 11 is 0. The minimum atomic E-state index is 0.277. The van der Waals surface area contributed by atoms with Crippen molar-refractivity contribution in [2.45, 2.75) is 33.1 Å². The van der Waals surface area contributed by atoms with E-state index in [4.69, 9.17) is 0 Å². The molecule has 0 aliphatic heterocycles. The number of rotatable bonds is 1. The molecule has 78 valence electrons. The zero-order chi connectivity index (χ0) is 10.8. The van der Waals surface area contributed by atoms with E-state index < -0.39 is 0 Å². The summed E-state index contributed by atoms with van der Waals surface area (Å²) < 4.78 is 0. The van der Waals surface area contributed by atoms with Crippen molar-refractivity contribution in [1.29, 1.82) is 0 Å². The highest BCUT2D eigenvalue weighted by Gasteiger charge is 2.14. The van der Waals surface area contributed by atoms with Gasteiger partial charge in [-0.15, -0.1) is 0 Å². The van der Waals surface area contributed by atoms with E-state index in [-0.39, 0.29) is 5.78 Å². The van der Waals surface area contributed by atoms with Crippen LogP contribution in [0.3, 0.4) is 0 Å². The zero-order valence-electron chi connectivity index (χ0n) is 9.34. The van der Waals surface area contributed by atoms with Gasteiger partial charge in [-0.25, -0.2) is 0 Å². The molecule has 15 heavy (non-hydrogen) atoms. The predicted octanol–water partition coefficient (Wildman–Crippen LogP) is 3.44. The standard InChI is InChI=1S/C14H16O/c1-10-5-3-6-11(2)14(10)12-7-4-8-13(15)9-12/h3,5-6,9H,4,7-8H2,1-2H3. The number of benzene rings is 1. The average molecular weight is 200 g/mol. The smallest absolute Gasteiger partial charge is 0.155 e. The Morgan fingerprint density at radius 1 is 1.07 bits per heavy atom. The van der Waals surface area contributed by atoms with Crippen molar-refractivity contribution in [1.82, 2.24) is 0 Å². The van der Waals surface area contributed by atoms with E-state index >= 15 is 0 Å². The van der Waals surface area contributed by atoms with Crippen LogP contribution in [0.1, 0.15) is 36.0 Å². The molecule has 1 aromatic carbocycles. The fourth-order valence-corrected chi connectivity index (χ4v) is 2.31. The molecule has 0 aromatic heterocycles. The lowest BCUT2D eigenvalue weighted by atomic mass is 9.88. The number of carbonyl (C=O) groups excluding carboxylic acids is 1. The van der Waals surface area contributed by atoms with Crippen molar-refractivity contribution >= 4 is 11.4 Å². The highest BCUT2D eigenvalue weighted by atomic mass is 16.1. The largest absolute Gasteiger partial charge is 0.295 e. The van der Waals surface area contributed by atoms with Crippen LogP contribution in [0.4, 0.5) is 0 Å². The Morgan fingerprint density at radius 3 is 2.33 bits per heavy atom. The van der Waals surface area contributed by atoms with Gasteiger partial charge in [0.05, 0.1) is 0 Å². The summed E-state index contributed by atoms with van der Waals surface area (Å²) in [7, 11) is 0. The summed E-state index contributed by atoms with van der Waals surface area (Å²) in [6.07, 6.45) is 4.59. The monoisotopic (exact) mass is 200 g/mol. The molecule has 1 aliphatic carbocycles. The fraction of sp³-hybridized carbons (Fsp3) is 0.357. The summed E-state index contributed by atoms with van der Waals surface area (Å²) in [5.41, 5.74) is 5.05. The van der Waals surface area contributed by atoms with Crippen molar-refractivity contribution < 1.29 is 4.79 Å². The van der Waals surface area contributed by atoms with Gasteiger partial charge in [-0.3, -0.25) is 4.79 Å². The highest BCUT2D eigenvalue weighted by Crippen LogP contribution is 2.29. The van der Waals surface area contributed by atoms with E-state index in [0.717, 1.165) is 12.8 Å². The molecule has 2 rings (SSSR count). The third kappa shape index (κ3) is 2.01. The third-order valence-electron chi connectivity index (χ3n) is 3.01. The molecular weight excluding hydrogens is 184 g/mol. The first-order chi connectivity index (χ1) is 7.18. The fourth-order valence-electron chi connectivity index (χ4n) is 2.31. The third-order valence-corrected chi connectivity index (χ3v) is 3.01. The van der Waals surface area contributed by atoms with Crippen LogP contribution in [-0.4, -0.2) is 5.78 Å². The maximum Gasteiger partial charge on any atom is 0.155 e. The van der Waals surface area contributed by atoms with Crippen LogP contribution in [-0.2, 0) is 4.79 Å². The normalized spacial score (nSPS) is 16.4. The summed E-state index contributed by atoms with van der Waals surface area (Å²) in [6.45, 7) is 4.23. The van der Waals surface area contributed by atoms with Crippen LogP contribution < -0.4 is 0 Å². The molecule has 1 heteroatoms. The second kappa shape index (κ2) is 4.01. The van der Waals surface area contributed by atoms with Crippen LogP contribution in [0.2, 0.25) is 0 Å². The Labute approximate surface area is 90.8 Å². The summed E-state index contributed by atoms with van der Waals surface area (Å²) in [5.74, 6) is 0.277. The second-order valence-electron chi connectivity index (χ2n) is 4.26. The maximum atomic E-state index is 11.4. The molecule has 0 N–H and O–H groups in total. The van der Waals surface area contributed by atoms with Gasteiger partial charge in [0.1, 0.15) is 0 Å². The quantitative estimate of drug-likeness (QED) is 0.678. The van der Waals surface area contributed by atoms with E-state index in [1.54, 1.807) is 0 Å². The summed E-state index contributed by atoms with van der Waals surface area (Å²) in [5, 5.41) is 0. The topological polar surface area (TPSA) is 17.1 Å². The molecule has 0 heterocycles. The van der Waals surface area contributed by atoms with E-state index in [1.807, 2.05) is 6.08 Å². The Kier molecular flexibility index (Phi) is 2.72. The van der Waals surface area contributed by atoms with Gasteiger partial charge < -0.3 is 0 Å². The van der Waals surface area contributed by atoms with E-state index in [9.17, 15) is 4.79 Å². The molecule has 0 saturated carbocycles. The lowest BCUT2D eigenvalue weighted by Crippen LogP contribution is -2.04. The van der Waals surface area contributed by atoms with Crippen molar-refractivity contribution in [3.05, 3.63) is 41.0 Å². The summed E-state index contributed by atoms with van der Waals surface area (Å²) in [4.78, 5) is 11.4. The van der Waals surface area contributed by atoms with Crippen LogP contribution in [0.5, 0.6) is 0 Å². The lowest BCUT2D eigenvalue weighted by molar-refractivity contribution is -0.114. The van der Waals surface area contributed by atoms with Gasteiger partial charge in [0.2, 0.25) is 0 Å². The molecule has 0 spiro atoms. The second-order valence-corrected chi connectivity index (χ2v) is 4.26. The average Bonchev–Trinajstić information content (AvgIpc) is 2.17. The van der Waals surface area contributed by atoms with Gasteiger partial charge in [0.25, 0.3) is 0 Å². The molecular formula is C14H16O. The van der Waals surface area contributed by atoms with Crippen molar-refractivity contribution in [2.75, 3.05) is 0 Å². The van der Waals surface area contributed by atoms with E-state index in [1.165, 1.54) is 22.3 Å². The first-order valence-corrected chi connectivity index (χ1v) is 5.48. The molecule has 0 unspecified atom stereocenters. The minimum Gasteiger partial charge on any atom is -0.295 e. The molecule has 0 saturated heterocycles. The number of hydrogen-bond donors (Lipinski definition) is 0. The molecule has 1 aromatic rings. The van der Waals surface area contributed by atoms with Crippen LogP contribution >= 0.6 is 0 Å². The van der Waals surface area contributed by atoms with Gasteiger partial charge >= 0.3 is 0 Å². The number of allylic oxidation sites excluding steroid dienone is 2. The first-order valence-electron chi connectivity index (χ1n) is 5.48. The van der Waals surface area contributed by atoms with Gasteiger partial charge in [-0.05, 0) is 55.0 Å². The SMILES string of the molecule is Cc1cccc(C)c1C1=CC(=O)CCC1. The molecule has 0 fully saturated rings. The van der Waals surface area contributed by atoms with Crippen molar-refractivity contribution in [3.8, 4) is 0 Å². The van der Waals surface area contributed by atoms with Gasteiger partial charge in [-0.2, -0.15) is 0 Å². The molecule has 0 atom stereocenters. The molecule has 0 bridgehead atoms. The number of ketones is 1. The van der Waals surface area contributed by atoms with Gasteiger partial charge in [0.15, 0.2) is 5.78 Å². The Bertz CT molecular complexity index is 407. The van der Waals surface area contributed by atoms with Crippen molar-refractivity contribution in [3.63, 3.8) is 0 Å². The van der Waals surface area contributed by atoms with Gasteiger partial charge in [0, 0.05) is 6.42 Å². The maximum absolute atomic E-state index is 11.4. The molecule has 0 radical (unpaired) electrons. The highest BCUT2D eigenvalue weighted by molar-refractivity contribution is 5.98. The first kappa shape index (κ1) is 10.2. The minimum absolute atomic E-state index is 0.277. The van der Waals surface area contributed by atoms with Gasteiger partial charge in [-0.1, -0.05) is 18.2 Å². The number of carbonyl (C=O) groups is 1.